The zero-order valence-corrected chi connectivity index (χ0v) is 11.9. The highest BCUT2D eigenvalue weighted by molar-refractivity contribution is 6.30. The van der Waals surface area contributed by atoms with E-state index in [9.17, 15) is 14.5 Å². The normalized spacial score (nSPS) is 10.2. The number of hydrogen-bond acceptors (Lipinski definition) is 4. The van der Waals surface area contributed by atoms with Gasteiger partial charge < -0.3 is 10.1 Å². The van der Waals surface area contributed by atoms with E-state index in [1.807, 2.05) is 0 Å². The topological polar surface area (TPSA) is 64.4 Å². The van der Waals surface area contributed by atoms with Crippen LogP contribution in [0.2, 0.25) is 5.02 Å². The number of non-ortho nitro benzene ring substituents is 1. The summed E-state index contributed by atoms with van der Waals surface area (Å²) in [7, 11) is 1.42. The number of halogens is 2. The van der Waals surface area contributed by atoms with Crippen molar-refractivity contribution < 1.29 is 14.1 Å². The molecule has 2 aromatic rings. The van der Waals surface area contributed by atoms with E-state index in [1.165, 1.54) is 37.4 Å². The Morgan fingerprint density at radius 1 is 1.33 bits per heavy atom. The van der Waals surface area contributed by atoms with Crippen molar-refractivity contribution in [2.75, 3.05) is 12.4 Å². The number of nitro groups is 1. The van der Waals surface area contributed by atoms with Crippen molar-refractivity contribution >= 4 is 23.0 Å². The summed E-state index contributed by atoms with van der Waals surface area (Å²) >= 11 is 5.78. The van der Waals surface area contributed by atoms with Crippen LogP contribution in [0.25, 0.3) is 0 Å². The van der Waals surface area contributed by atoms with E-state index >= 15 is 0 Å². The standard InChI is InChI=1S/C14H12ClFN2O3/c1-21-14-7-12(18(19)20)2-3-13(14)17-8-9-4-10(15)6-11(16)5-9/h2-7,17H,8H2,1H3. The lowest BCUT2D eigenvalue weighted by Crippen LogP contribution is -2.02. The van der Waals surface area contributed by atoms with Crippen LogP contribution in [0.1, 0.15) is 5.56 Å². The first-order chi connectivity index (χ1) is 9.99. The van der Waals surface area contributed by atoms with Gasteiger partial charge in [0.1, 0.15) is 11.6 Å². The predicted molar refractivity (Wildman–Crippen MR) is 78.4 cm³/mol. The van der Waals surface area contributed by atoms with Crippen LogP contribution in [0.3, 0.4) is 0 Å². The van der Waals surface area contributed by atoms with Gasteiger partial charge in [0.15, 0.2) is 0 Å². The molecule has 0 amide bonds. The van der Waals surface area contributed by atoms with Gasteiger partial charge in [-0.2, -0.15) is 0 Å². The third-order valence-electron chi connectivity index (χ3n) is 2.80. The summed E-state index contributed by atoms with van der Waals surface area (Å²) in [5.41, 5.74) is 1.16. The van der Waals surface area contributed by atoms with E-state index in [4.69, 9.17) is 16.3 Å². The minimum Gasteiger partial charge on any atom is -0.494 e. The fraction of sp³-hybridized carbons (Fsp3) is 0.143. The molecule has 0 saturated heterocycles. The molecule has 2 aromatic carbocycles. The molecule has 0 atom stereocenters. The molecule has 0 heterocycles. The van der Waals surface area contributed by atoms with Crippen LogP contribution in [0.4, 0.5) is 15.8 Å². The average molecular weight is 311 g/mol. The largest absolute Gasteiger partial charge is 0.494 e. The highest BCUT2D eigenvalue weighted by Gasteiger charge is 2.11. The molecule has 0 aliphatic heterocycles. The molecule has 0 spiro atoms. The molecule has 21 heavy (non-hydrogen) atoms. The Morgan fingerprint density at radius 3 is 2.71 bits per heavy atom. The van der Waals surface area contributed by atoms with Crippen LogP contribution in [0.5, 0.6) is 5.75 Å². The molecule has 0 unspecified atom stereocenters. The van der Waals surface area contributed by atoms with Crippen molar-refractivity contribution in [3.63, 3.8) is 0 Å². The Kier molecular flexibility index (Phi) is 4.59. The number of hydrogen-bond donors (Lipinski definition) is 1. The first-order valence-corrected chi connectivity index (χ1v) is 6.38. The van der Waals surface area contributed by atoms with Crippen LogP contribution in [0, 0.1) is 15.9 Å². The van der Waals surface area contributed by atoms with Crippen LogP contribution < -0.4 is 10.1 Å². The van der Waals surface area contributed by atoms with E-state index < -0.39 is 10.7 Å². The molecular weight excluding hydrogens is 299 g/mol. The summed E-state index contributed by atoms with van der Waals surface area (Å²) in [5, 5.41) is 14.0. The lowest BCUT2D eigenvalue weighted by Gasteiger charge is -2.11. The molecule has 0 fully saturated rings. The van der Waals surface area contributed by atoms with Gasteiger partial charge in [-0.15, -0.1) is 0 Å². The van der Waals surface area contributed by atoms with Gasteiger partial charge in [-0.1, -0.05) is 11.6 Å². The highest BCUT2D eigenvalue weighted by atomic mass is 35.5. The molecule has 2 rings (SSSR count). The molecule has 1 N–H and O–H groups in total. The van der Waals surface area contributed by atoms with Crippen LogP contribution in [0.15, 0.2) is 36.4 Å². The maximum Gasteiger partial charge on any atom is 0.273 e. The summed E-state index contributed by atoms with van der Waals surface area (Å²) < 4.78 is 18.3. The van der Waals surface area contributed by atoms with Gasteiger partial charge in [0.05, 0.1) is 23.8 Å². The maximum atomic E-state index is 13.2. The number of benzene rings is 2. The fourth-order valence-electron chi connectivity index (χ4n) is 1.85. The third-order valence-corrected chi connectivity index (χ3v) is 3.02. The first kappa shape index (κ1) is 15.1. The molecule has 0 radical (unpaired) electrons. The number of nitrogens with one attached hydrogen (secondary N) is 1. The second-order valence-corrected chi connectivity index (χ2v) is 4.71. The molecule has 0 saturated carbocycles. The first-order valence-electron chi connectivity index (χ1n) is 6.01. The Morgan fingerprint density at radius 2 is 2.10 bits per heavy atom. The van der Waals surface area contributed by atoms with Crippen LogP contribution in [-0.4, -0.2) is 12.0 Å². The molecule has 5 nitrogen and oxygen atoms in total. The van der Waals surface area contributed by atoms with E-state index in [0.29, 0.717) is 28.6 Å². The monoisotopic (exact) mass is 310 g/mol. The van der Waals surface area contributed by atoms with Crippen molar-refractivity contribution in [1.29, 1.82) is 0 Å². The Labute approximate surface area is 125 Å². The Bertz CT molecular complexity index is 659. The van der Waals surface area contributed by atoms with Crippen molar-refractivity contribution in [2.45, 2.75) is 6.54 Å². The van der Waals surface area contributed by atoms with Crippen LogP contribution >= 0.6 is 11.6 Å². The summed E-state index contributed by atoms with van der Waals surface area (Å²) in [6, 6.07) is 8.44. The molecule has 0 aliphatic rings. The van der Waals surface area contributed by atoms with Gasteiger partial charge in [-0.25, -0.2) is 4.39 Å². The maximum absolute atomic E-state index is 13.2. The minimum absolute atomic E-state index is 0.0637. The minimum atomic E-state index is -0.501. The van der Waals surface area contributed by atoms with E-state index in [-0.39, 0.29) is 5.69 Å². The van der Waals surface area contributed by atoms with Crippen molar-refractivity contribution in [3.8, 4) is 5.75 Å². The Hall–Kier alpha value is -2.34. The summed E-state index contributed by atoms with van der Waals surface area (Å²) in [6.07, 6.45) is 0. The second kappa shape index (κ2) is 6.41. The number of anilines is 1. The molecule has 7 heteroatoms. The molecule has 0 aromatic heterocycles. The van der Waals surface area contributed by atoms with E-state index in [0.717, 1.165) is 0 Å². The van der Waals surface area contributed by atoms with E-state index in [2.05, 4.69) is 5.32 Å². The van der Waals surface area contributed by atoms with Crippen molar-refractivity contribution in [1.82, 2.24) is 0 Å². The Balaban J connectivity index is 2.17. The zero-order chi connectivity index (χ0) is 15.4. The summed E-state index contributed by atoms with van der Waals surface area (Å²) in [4.78, 5) is 10.2. The highest BCUT2D eigenvalue weighted by Crippen LogP contribution is 2.29. The van der Waals surface area contributed by atoms with E-state index in [1.54, 1.807) is 6.07 Å². The third kappa shape index (κ3) is 3.82. The lowest BCUT2D eigenvalue weighted by atomic mass is 10.2. The predicted octanol–water partition coefficient (Wildman–Crippen LogP) is 4.01. The van der Waals surface area contributed by atoms with Gasteiger partial charge in [-0.05, 0) is 29.8 Å². The quantitative estimate of drug-likeness (QED) is 0.669. The average Bonchev–Trinajstić information content (AvgIpc) is 2.43. The molecule has 110 valence electrons. The van der Waals surface area contributed by atoms with Crippen molar-refractivity contribution in [3.05, 3.63) is 62.9 Å². The van der Waals surface area contributed by atoms with Gasteiger partial charge in [0, 0.05) is 17.6 Å². The number of nitro benzene ring substituents is 1. The number of methoxy groups -OCH3 is 1. The SMILES string of the molecule is COc1cc([N+](=O)[O-])ccc1NCc1cc(F)cc(Cl)c1. The molecule has 0 aliphatic carbocycles. The summed E-state index contributed by atoms with van der Waals surface area (Å²) in [6.45, 7) is 0.311. The molecule has 0 bridgehead atoms. The molecular formula is C14H12ClFN2O3. The van der Waals surface area contributed by atoms with Crippen molar-refractivity contribution in [2.24, 2.45) is 0 Å². The van der Waals surface area contributed by atoms with Crippen LogP contribution in [-0.2, 0) is 6.54 Å². The van der Waals surface area contributed by atoms with Gasteiger partial charge >= 0.3 is 0 Å². The fourth-order valence-corrected chi connectivity index (χ4v) is 2.09. The van der Waals surface area contributed by atoms with Gasteiger partial charge in [0.2, 0.25) is 0 Å². The summed E-state index contributed by atoms with van der Waals surface area (Å²) in [5.74, 6) is -0.0818. The number of rotatable bonds is 5. The number of nitrogens with zero attached hydrogens (tertiary/aromatic N) is 1. The van der Waals surface area contributed by atoms with Gasteiger partial charge in [-0.3, -0.25) is 10.1 Å². The smallest absolute Gasteiger partial charge is 0.273 e. The number of ether oxygens (including phenoxy) is 1. The second-order valence-electron chi connectivity index (χ2n) is 4.27. The van der Waals surface area contributed by atoms with Gasteiger partial charge in [0.25, 0.3) is 5.69 Å². The zero-order valence-electron chi connectivity index (χ0n) is 11.1. The lowest BCUT2D eigenvalue weighted by molar-refractivity contribution is -0.384.